The Bertz CT molecular complexity index is 98.6. The fourth-order valence-electron chi connectivity index (χ4n) is 0.659. The molecular formula is C5H7FO2. The Morgan fingerprint density at radius 2 is 2.25 bits per heavy atom. The van der Waals surface area contributed by atoms with Gasteiger partial charge in [0.1, 0.15) is 0 Å². The molecule has 0 aromatic heterocycles. The maximum Gasteiger partial charge on any atom is 0.295 e. The van der Waals surface area contributed by atoms with Crippen molar-refractivity contribution in [3.8, 4) is 0 Å². The molecule has 2 nitrogen and oxygen atoms in total. The van der Waals surface area contributed by atoms with Gasteiger partial charge >= 0.3 is 0 Å². The highest BCUT2D eigenvalue weighted by molar-refractivity contribution is 5.38. The topological polar surface area (TPSA) is 26.3 Å². The molecule has 0 spiro atoms. The summed E-state index contributed by atoms with van der Waals surface area (Å²) in [4.78, 5) is 9.55. The molecule has 3 heteroatoms. The molecular weight excluding hydrogens is 111 g/mol. The van der Waals surface area contributed by atoms with Gasteiger partial charge in [-0.15, -0.1) is 0 Å². The van der Waals surface area contributed by atoms with E-state index in [1.54, 1.807) is 0 Å². The second kappa shape index (κ2) is 1.73. The molecule has 46 valence electrons. The van der Waals surface area contributed by atoms with E-state index in [1.165, 1.54) is 0 Å². The first-order chi connectivity index (χ1) is 3.77. The first kappa shape index (κ1) is 5.54. The third-order valence-electron chi connectivity index (χ3n) is 1.36. The van der Waals surface area contributed by atoms with Crippen molar-refractivity contribution >= 4 is 6.47 Å². The zero-order valence-corrected chi connectivity index (χ0v) is 4.39. The van der Waals surface area contributed by atoms with Crippen LogP contribution in [0.5, 0.6) is 0 Å². The predicted molar refractivity (Wildman–Crippen MR) is 24.8 cm³/mol. The van der Waals surface area contributed by atoms with E-state index in [-0.39, 0.29) is 6.47 Å². The van der Waals surface area contributed by atoms with Gasteiger partial charge in [0.25, 0.3) is 12.3 Å². The third-order valence-corrected chi connectivity index (χ3v) is 1.36. The van der Waals surface area contributed by atoms with E-state index >= 15 is 0 Å². The Morgan fingerprint density at radius 3 is 2.38 bits per heavy atom. The summed E-state index contributed by atoms with van der Waals surface area (Å²) in [6, 6.07) is 0. The zero-order valence-electron chi connectivity index (χ0n) is 4.39. The van der Waals surface area contributed by atoms with Crippen molar-refractivity contribution in [2.45, 2.75) is 25.1 Å². The highest BCUT2D eigenvalue weighted by Crippen LogP contribution is 2.35. The second-order valence-electron chi connectivity index (χ2n) is 1.95. The molecule has 0 amide bonds. The third kappa shape index (κ3) is 0.804. The van der Waals surface area contributed by atoms with Gasteiger partial charge in [0, 0.05) is 12.8 Å². The van der Waals surface area contributed by atoms with Crippen LogP contribution in [0.3, 0.4) is 0 Å². The summed E-state index contributed by atoms with van der Waals surface area (Å²) < 4.78 is 16.6. The summed E-state index contributed by atoms with van der Waals surface area (Å²) in [5.74, 6) is -1.60. The molecule has 0 bridgehead atoms. The highest BCUT2D eigenvalue weighted by Gasteiger charge is 2.38. The molecule has 1 fully saturated rings. The van der Waals surface area contributed by atoms with Gasteiger partial charge < -0.3 is 4.74 Å². The number of ether oxygens (including phenoxy) is 1. The molecule has 0 aliphatic heterocycles. The SMILES string of the molecule is O=COC1(F)CCC1. The van der Waals surface area contributed by atoms with E-state index in [0.29, 0.717) is 12.8 Å². The van der Waals surface area contributed by atoms with Crippen LogP contribution in [0.25, 0.3) is 0 Å². The van der Waals surface area contributed by atoms with Crippen molar-refractivity contribution in [2.75, 3.05) is 0 Å². The van der Waals surface area contributed by atoms with Gasteiger partial charge in [-0.1, -0.05) is 0 Å². The fourth-order valence-corrected chi connectivity index (χ4v) is 0.659. The van der Waals surface area contributed by atoms with E-state index in [2.05, 4.69) is 4.74 Å². The van der Waals surface area contributed by atoms with Crippen LogP contribution >= 0.6 is 0 Å². The van der Waals surface area contributed by atoms with E-state index < -0.39 is 5.85 Å². The van der Waals surface area contributed by atoms with Gasteiger partial charge in [0.15, 0.2) is 0 Å². The van der Waals surface area contributed by atoms with Gasteiger partial charge in [-0.25, -0.2) is 0 Å². The minimum Gasteiger partial charge on any atom is -0.431 e. The standard InChI is InChI=1S/C5H7FO2/c6-5(8-4-7)2-1-3-5/h4H,1-3H2. The molecule has 1 saturated carbocycles. The Labute approximate surface area is 46.6 Å². The molecule has 0 atom stereocenters. The number of alkyl halides is 1. The minimum absolute atomic E-state index is 0.166. The van der Waals surface area contributed by atoms with Crippen LogP contribution in [0.1, 0.15) is 19.3 Å². The van der Waals surface area contributed by atoms with Gasteiger partial charge in [-0.2, -0.15) is 4.39 Å². The van der Waals surface area contributed by atoms with Crippen LogP contribution in [0.2, 0.25) is 0 Å². The number of carbonyl (C=O) groups is 1. The summed E-state index contributed by atoms with van der Waals surface area (Å²) in [5.41, 5.74) is 0. The summed E-state index contributed by atoms with van der Waals surface area (Å²) in [6.07, 6.45) is 1.56. The number of carbonyl (C=O) groups excluding carboxylic acids is 1. The summed E-state index contributed by atoms with van der Waals surface area (Å²) in [6.45, 7) is 0.166. The average molecular weight is 118 g/mol. The Hall–Kier alpha value is -0.600. The first-order valence-electron chi connectivity index (χ1n) is 2.57. The van der Waals surface area contributed by atoms with Crippen molar-refractivity contribution in [1.29, 1.82) is 0 Å². The molecule has 8 heavy (non-hydrogen) atoms. The van der Waals surface area contributed by atoms with Crippen LogP contribution in [-0.2, 0) is 9.53 Å². The lowest BCUT2D eigenvalue weighted by molar-refractivity contribution is -0.189. The van der Waals surface area contributed by atoms with E-state index in [0.717, 1.165) is 6.42 Å². The fraction of sp³-hybridized carbons (Fsp3) is 0.800. The lowest BCUT2D eigenvalue weighted by Gasteiger charge is -2.30. The van der Waals surface area contributed by atoms with Crippen molar-refractivity contribution in [1.82, 2.24) is 0 Å². The normalized spacial score (nSPS) is 23.6. The predicted octanol–water partition coefficient (Wildman–Crippen LogP) is 1.01. The van der Waals surface area contributed by atoms with Crippen LogP contribution in [-0.4, -0.2) is 12.3 Å². The Kier molecular flexibility index (Phi) is 1.19. The zero-order chi connectivity index (χ0) is 6.04. The smallest absolute Gasteiger partial charge is 0.295 e. The van der Waals surface area contributed by atoms with E-state index in [9.17, 15) is 9.18 Å². The van der Waals surface area contributed by atoms with Gasteiger partial charge in [0.05, 0.1) is 0 Å². The second-order valence-corrected chi connectivity index (χ2v) is 1.95. The molecule has 0 aromatic carbocycles. The quantitative estimate of drug-likeness (QED) is 0.506. The number of rotatable bonds is 2. The molecule has 1 aliphatic rings. The summed E-state index contributed by atoms with van der Waals surface area (Å²) in [5, 5.41) is 0. The first-order valence-corrected chi connectivity index (χ1v) is 2.57. The van der Waals surface area contributed by atoms with E-state index in [1.807, 2.05) is 0 Å². The molecule has 0 radical (unpaired) electrons. The van der Waals surface area contributed by atoms with E-state index in [4.69, 9.17) is 0 Å². The maximum absolute atomic E-state index is 12.5. The summed E-state index contributed by atoms with van der Waals surface area (Å²) >= 11 is 0. The molecule has 0 heterocycles. The number of hydrogen-bond donors (Lipinski definition) is 0. The lowest BCUT2D eigenvalue weighted by atomic mass is 9.93. The Morgan fingerprint density at radius 1 is 1.62 bits per heavy atom. The van der Waals surface area contributed by atoms with Crippen molar-refractivity contribution in [3.05, 3.63) is 0 Å². The molecule has 0 N–H and O–H groups in total. The van der Waals surface area contributed by atoms with Crippen LogP contribution < -0.4 is 0 Å². The summed E-state index contributed by atoms with van der Waals surface area (Å²) in [7, 11) is 0. The number of halogens is 1. The lowest BCUT2D eigenvalue weighted by Crippen LogP contribution is -2.34. The molecule has 1 aliphatic carbocycles. The largest absolute Gasteiger partial charge is 0.431 e. The molecule has 0 unspecified atom stereocenters. The average Bonchev–Trinajstić information content (AvgIpc) is 1.64. The highest BCUT2D eigenvalue weighted by atomic mass is 19.2. The molecule has 1 rings (SSSR count). The molecule has 0 saturated heterocycles. The van der Waals surface area contributed by atoms with Gasteiger partial charge in [0.2, 0.25) is 0 Å². The minimum atomic E-state index is -1.60. The van der Waals surface area contributed by atoms with Crippen molar-refractivity contribution in [2.24, 2.45) is 0 Å². The monoisotopic (exact) mass is 118 g/mol. The van der Waals surface area contributed by atoms with Crippen LogP contribution in [0.4, 0.5) is 4.39 Å². The van der Waals surface area contributed by atoms with Gasteiger partial charge in [-0.3, -0.25) is 4.79 Å². The van der Waals surface area contributed by atoms with Gasteiger partial charge in [-0.05, 0) is 6.42 Å². The van der Waals surface area contributed by atoms with Crippen LogP contribution in [0, 0.1) is 0 Å². The van der Waals surface area contributed by atoms with Crippen molar-refractivity contribution in [3.63, 3.8) is 0 Å². The maximum atomic E-state index is 12.5. The van der Waals surface area contributed by atoms with Crippen LogP contribution in [0.15, 0.2) is 0 Å². The number of hydrogen-bond acceptors (Lipinski definition) is 2. The Balaban J connectivity index is 2.29. The van der Waals surface area contributed by atoms with Crippen molar-refractivity contribution < 1.29 is 13.9 Å². The molecule has 0 aromatic rings.